The van der Waals surface area contributed by atoms with Gasteiger partial charge in [0.1, 0.15) is 0 Å². The molecule has 0 fully saturated rings. The third-order valence-electron chi connectivity index (χ3n) is 4.55. The van der Waals surface area contributed by atoms with Gasteiger partial charge in [0.2, 0.25) is 0 Å². The molecule has 1 aromatic carbocycles. The van der Waals surface area contributed by atoms with Crippen molar-refractivity contribution in [3.63, 3.8) is 0 Å². The van der Waals surface area contributed by atoms with Gasteiger partial charge < -0.3 is 9.74 Å². The van der Waals surface area contributed by atoms with Crippen molar-refractivity contribution in [3.8, 4) is 0 Å². The van der Waals surface area contributed by atoms with Crippen LogP contribution in [-0.4, -0.2) is 21.5 Å². The van der Waals surface area contributed by atoms with E-state index in [4.69, 9.17) is 4.43 Å². The smallest absolute Gasteiger partial charge is 0.191 e. The first-order valence-corrected chi connectivity index (χ1v) is 11.5. The van der Waals surface area contributed by atoms with Crippen molar-refractivity contribution >= 4 is 14.0 Å². The highest BCUT2D eigenvalue weighted by Crippen LogP contribution is 2.36. The van der Waals surface area contributed by atoms with E-state index in [-0.39, 0.29) is 0 Å². The van der Waals surface area contributed by atoms with Crippen LogP contribution in [0.5, 0.6) is 0 Å². The van der Waals surface area contributed by atoms with Crippen LogP contribution in [0, 0.1) is 5.92 Å². The van der Waals surface area contributed by atoms with Crippen molar-refractivity contribution in [1.29, 1.82) is 0 Å². The van der Waals surface area contributed by atoms with Crippen LogP contribution in [0.2, 0.25) is 18.1 Å². The van der Waals surface area contributed by atoms with E-state index in [2.05, 4.69) is 77.3 Å². The summed E-state index contributed by atoms with van der Waals surface area (Å²) in [4.78, 5) is 0. The normalized spacial score (nSPS) is 12.7. The molecule has 0 aliphatic heterocycles. The van der Waals surface area contributed by atoms with Crippen molar-refractivity contribution in [2.75, 3.05) is 18.5 Å². The molecule has 0 bridgehead atoms. The minimum absolute atomic E-state index is 0.302. The van der Waals surface area contributed by atoms with Gasteiger partial charge in [-0.05, 0) is 54.6 Å². The van der Waals surface area contributed by atoms with Gasteiger partial charge in [0.05, 0.1) is 0 Å². The zero-order chi connectivity index (χ0) is 16.8. The van der Waals surface area contributed by atoms with E-state index in [1.54, 1.807) is 0 Å². The Labute approximate surface area is 138 Å². The van der Waals surface area contributed by atoms with Gasteiger partial charge in [0, 0.05) is 18.8 Å². The average molecular weight is 322 g/mol. The number of benzene rings is 1. The van der Waals surface area contributed by atoms with Gasteiger partial charge in [-0.3, -0.25) is 0 Å². The summed E-state index contributed by atoms with van der Waals surface area (Å²) < 4.78 is 6.23. The van der Waals surface area contributed by atoms with E-state index < -0.39 is 8.32 Å². The van der Waals surface area contributed by atoms with Gasteiger partial charge >= 0.3 is 0 Å². The first kappa shape index (κ1) is 19.2. The molecule has 0 atom stereocenters. The van der Waals surface area contributed by atoms with Gasteiger partial charge in [0.25, 0.3) is 0 Å². The molecule has 2 nitrogen and oxygen atoms in total. The molecule has 3 heteroatoms. The molecule has 0 spiro atoms. The number of anilines is 1. The molecule has 1 rings (SSSR count). The van der Waals surface area contributed by atoms with Crippen molar-refractivity contribution in [2.45, 2.75) is 65.6 Å². The van der Waals surface area contributed by atoms with Gasteiger partial charge in [0.15, 0.2) is 8.32 Å². The highest BCUT2D eigenvalue weighted by Gasteiger charge is 2.36. The Balaban J connectivity index is 2.34. The van der Waals surface area contributed by atoms with E-state index in [9.17, 15) is 0 Å². The number of hydrogen-bond acceptors (Lipinski definition) is 2. The van der Waals surface area contributed by atoms with Crippen molar-refractivity contribution < 1.29 is 4.43 Å². The van der Waals surface area contributed by atoms with Crippen LogP contribution < -0.4 is 5.32 Å². The Hall–Kier alpha value is -0.803. The molecule has 1 aromatic rings. The molecule has 0 aromatic heterocycles. The monoisotopic (exact) mass is 321 g/mol. The van der Waals surface area contributed by atoms with Gasteiger partial charge in [-0.1, -0.05) is 46.8 Å². The molecule has 1 N–H and O–H groups in total. The maximum atomic E-state index is 6.23. The molecule has 0 radical (unpaired) electrons. The summed E-state index contributed by atoms with van der Waals surface area (Å²) in [6.45, 7) is 17.9. The third-order valence-corrected chi connectivity index (χ3v) is 9.09. The second-order valence-corrected chi connectivity index (χ2v) is 13.0. The van der Waals surface area contributed by atoms with Crippen molar-refractivity contribution in [3.05, 3.63) is 29.8 Å². The first-order valence-electron chi connectivity index (χ1n) is 8.58. The number of rotatable bonds is 8. The molecule has 126 valence electrons. The predicted octanol–water partition coefficient (Wildman–Crippen LogP) is 5.71. The van der Waals surface area contributed by atoms with Crippen LogP contribution in [0.15, 0.2) is 24.3 Å². The molecule has 0 saturated carbocycles. The van der Waals surface area contributed by atoms with E-state index in [1.807, 2.05) is 0 Å². The standard InChI is InChI=1S/C19H35NOSi/c1-16(2)15-20-18-12-10-17(11-13-18)9-8-14-21-22(6,7)19(3,4)5/h10-13,16,20H,8-9,14-15H2,1-7H3. The molecule has 0 heterocycles. The van der Waals surface area contributed by atoms with Crippen molar-refractivity contribution in [2.24, 2.45) is 5.92 Å². The quantitative estimate of drug-likeness (QED) is 0.489. The Morgan fingerprint density at radius 3 is 2.18 bits per heavy atom. The largest absolute Gasteiger partial charge is 0.417 e. The number of nitrogens with one attached hydrogen (secondary N) is 1. The zero-order valence-corrected chi connectivity index (χ0v) is 16.6. The Kier molecular flexibility index (Phi) is 7.14. The third kappa shape index (κ3) is 6.53. The van der Waals surface area contributed by atoms with Gasteiger partial charge in [-0.2, -0.15) is 0 Å². The van der Waals surface area contributed by atoms with Gasteiger partial charge in [-0.15, -0.1) is 0 Å². The highest BCUT2D eigenvalue weighted by molar-refractivity contribution is 6.74. The maximum absolute atomic E-state index is 6.23. The van der Waals surface area contributed by atoms with E-state index in [1.165, 1.54) is 11.3 Å². The summed E-state index contributed by atoms with van der Waals surface area (Å²) in [5, 5.41) is 3.76. The van der Waals surface area contributed by atoms with Crippen molar-refractivity contribution in [1.82, 2.24) is 0 Å². The molecule has 0 amide bonds. The predicted molar refractivity (Wildman–Crippen MR) is 101 cm³/mol. The minimum atomic E-state index is -1.58. The average Bonchev–Trinajstić information content (AvgIpc) is 2.41. The molecular weight excluding hydrogens is 286 g/mol. The highest BCUT2D eigenvalue weighted by atomic mass is 28.4. The molecular formula is C19H35NOSi. The fourth-order valence-electron chi connectivity index (χ4n) is 1.93. The molecule has 0 saturated heterocycles. The lowest BCUT2D eigenvalue weighted by Gasteiger charge is -2.36. The Morgan fingerprint density at radius 2 is 1.68 bits per heavy atom. The van der Waals surface area contributed by atoms with E-state index >= 15 is 0 Å². The minimum Gasteiger partial charge on any atom is -0.417 e. The summed E-state index contributed by atoms with van der Waals surface area (Å²) in [7, 11) is -1.58. The van der Waals surface area contributed by atoms with E-state index in [0.717, 1.165) is 26.0 Å². The maximum Gasteiger partial charge on any atom is 0.191 e. The summed E-state index contributed by atoms with van der Waals surface area (Å²) in [5.74, 6) is 0.673. The molecule has 0 aliphatic rings. The second kappa shape index (κ2) is 8.16. The van der Waals surface area contributed by atoms with Crippen LogP contribution in [-0.2, 0) is 10.8 Å². The van der Waals surface area contributed by atoms with Gasteiger partial charge in [-0.25, -0.2) is 0 Å². The topological polar surface area (TPSA) is 21.3 Å². The number of aryl methyl sites for hydroxylation is 1. The molecule has 22 heavy (non-hydrogen) atoms. The second-order valence-electron chi connectivity index (χ2n) is 8.18. The summed E-state index contributed by atoms with van der Waals surface area (Å²) in [6, 6.07) is 8.84. The zero-order valence-electron chi connectivity index (χ0n) is 15.6. The summed E-state index contributed by atoms with van der Waals surface area (Å²) in [6.07, 6.45) is 2.20. The van der Waals surface area contributed by atoms with Crippen LogP contribution in [0.25, 0.3) is 0 Å². The fraction of sp³-hybridized carbons (Fsp3) is 0.684. The fourth-order valence-corrected chi connectivity index (χ4v) is 3.02. The first-order chi connectivity index (χ1) is 10.1. The Bertz CT molecular complexity index is 432. The van der Waals surface area contributed by atoms with Crippen LogP contribution in [0.4, 0.5) is 5.69 Å². The lowest BCUT2D eigenvalue weighted by Crippen LogP contribution is -2.41. The van der Waals surface area contributed by atoms with E-state index in [0.29, 0.717) is 11.0 Å². The Morgan fingerprint density at radius 1 is 1.09 bits per heavy atom. The molecule has 0 unspecified atom stereocenters. The lowest BCUT2D eigenvalue weighted by atomic mass is 10.1. The SMILES string of the molecule is CC(C)CNc1ccc(CCCO[Si](C)(C)C(C)(C)C)cc1. The summed E-state index contributed by atoms with van der Waals surface area (Å²) in [5.41, 5.74) is 2.61. The summed E-state index contributed by atoms with van der Waals surface area (Å²) >= 11 is 0. The van der Waals surface area contributed by atoms with Crippen LogP contribution in [0.1, 0.15) is 46.6 Å². The number of hydrogen-bond donors (Lipinski definition) is 1. The van der Waals surface area contributed by atoms with Crippen LogP contribution in [0.3, 0.4) is 0 Å². The van der Waals surface area contributed by atoms with Crippen LogP contribution >= 0.6 is 0 Å². The lowest BCUT2D eigenvalue weighted by molar-refractivity contribution is 0.282. The molecule has 0 aliphatic carbocycles.